The van der Waals surface area contributed by atoms with E-state index in [1.54, 1.807) is 6.92 Å². The monoisotopic (exact) mass is 295 g/mol. The van der Waals surface area contributed by atoms with Crippen LogP contribution in [0.15, 0.2) is 23.7 Å². The predicted molar refractivity (Wildman–Crippen MR) is 69.1 cm³/mol. The standard InChI is InChI=1S/C12H10FN3O3S/c1-6(11-16-8(5-20-11)12(18)19)15-10(17)7-2-3-14-9(13)4-7/h2-6H,1H3,(H,15,17)(H,18,19). The fourth-order valence-corrected chi connectivity index (χ4v) is 2.27. The van der Waals surface area contributed by atoms with Crippen LogP contribution in [0.25, 0.3) is 0 Å². The molecule has 1 atom stereocenters. The van der Waals surface area contributed by atoms with Crippen LogP contribution in [0.1, 0.15) is 38.8 Å². The summed E-state index contributed by atoms with van der Waals surface area (Å²) in [7, 11) is 0. The molecule has 0 saturated heterocycles. The molecule has 0 aliphatic rings. The number of rotatable bonds is 4. The molecule has 0 spiro atoms. The third kappa shape index (κ3) is 3.15. The molecule has 0 aliphatic heterocycles. The summed E-state index contributed by atoms with van der Waals surface area (Å²) in [5.41, 5.74) is 0.0698. The Hall–Kier alpha value is -2.35. The molecular formula is C12H10FN3O3S. The smallest absolute Gasteiger partial charge is 0.355 e. The van der Waals surface area contributed by atoms with Crippen molar-refractivity contribution in [1.82, 2.24) is 15.3 Å². The Morgan fingerprint density at radius 3 is 2.85 bits per heavy atom. The zero-order valence-electron chi connectivity index (χ0n) is 10.3. The molecule has 1 amide bonds. The molecule has 0 bridgehead atoms. The summed E-state index contributed by atoms with van der Waals surface area (Å²) in [5, 5.41) is 13.3. The molecule has 2 N–H and O–H groups in total. The van der Waals surface area contributed by atoms with Crippen LogP contribution in [-0.2, 0) is 0 Å². The molecule has 1 unspecified atom stereocenters. The van der Waals surface area contributed by atoms with Gasteiger partial charge in [-0.15, -0.1) is 11.3 Å². The molecule has 0 radical (unpaired) electrons. The van der Waals surface area contributed by atoms with Crippen LogP contribution in [0.5, 0.6) is 0 Å². The number of hydrogen-bond acceptors (Lipinski definition) is 5. The summed E-state index contributed by atoms with van der Waals surface area (Å²) in [6, 6.07) is 1.93. The van der Waals surface area contributed by atoms with Crippen LogP contribution in [0.3, 0.4) is 0 Å². The van der Waals surface area contributed by atoms with Crippen molar-refractivity contribution in [3.63, 3.8) is 0 Å². The van der Waals surface area contributed by atoms with Gasteiger partial charge < -0.3 is 10.4 Å². The van der Waals surface area contributed by atoms with Gasteiger partial charge in [-0.05, 0) is 13.0 Å². The first-order valence-corrected chi connectivity index (χ1v) is 6.46. The van der Waals surface area contributed by atoms with E-state index in [0.29, 0.717) is 5.01 Å². The van der Waals surface area contributed by atoms with Gasteiger partial charge in [0, 0.05) is 23.2 Å². The minimum Gasteiger partial charge on any atom is -0.476 e. The van der Waals surface area contributed by atoms with Crippen molar-refractivity contribution in [2.24, 2.45) is 0 Å². The number of carbonyl (C=O) groups excluding carboxylic acids is 1. The van der Waals surface area contributed by atoms with Crippen LogP contribution in [-0.4, -0.2) is 27.0 Å². The lowest BCUT2D eigenvalue weighted by Crippen LogP contribution is -2.26. The number of carbonyl (C=O) groups is 2. The Labute approximate surface area is 117 Å². The number of thiazole rings is 1. The number of halogens is 1. The summed E-state index contributed by atoms with van der Waals surface area (Å²) < 4.78 is 12.9. The van der Waals surface area contributed by atoms with Crippen LogP contribution < -0.4 is 5.32 Å². The molecule has 2 heterocycles. The van der Waals surface area contributed by atoms with Crippen molar-refractivity contribution in [2.45, 2.75) is 13.0 Å². The van der Waals surface area contributed by atoms with Crippen molar-refractivity contribution in [3.8, 4) is 0 Å². The lowest BCUT2D eigenvalue weighted by molar-refractivity contribution is 0.0691. The van der Waals surface area contributed by atoms with Crippen molar-refractivity contribution in [1.29, 1.82) is 0 Å². The zero-order valence-corrected chi connectivity index (χ0v) is 11.1. The van der Waals surface area contributed by atoms with Gasteiger partial charge in [-0.3, -0.25) is 4.79 Å². The summed E-state index contributed by atoms with van der Waals surface area (Å²) >= 11 is 1.13. The van der Waals surface area contributed by atoms with Crippen LogP contribution in [0.2, 0.25) is 0 Å². The maximum Gasteiger partial charge on any atom is 0.355 e. The van der Waals surface area contributed by atoms with Crippen molar-refractivity contribution in [3.05, 3.63) is 45.9 Å². The number of aromatic carboxylic acids is 1. The number of amides is 1. The van der Waals surface area contributed by atoms with Crippen LogP contribution in [0.4, 0.5) is 4.39 Å². The minimum absolute atomic E-state index is 0.0685. The van der Waals surface area contributed by atoms with Crippen molar-refractivity contribution in [2.75, 3.05) is 0 Å². The summed E-state index contributed by atoms with van der Waals surface area (Å²) in [6.45, 7) is 1.67. The Morgan fingerprint density at radius 2 is 2.25 bits per heavy atom. The van der Waals surface area contributed by atoms with E-state index in [1.165, 1.54) is 17.6 Å². The lowest BCUT2D eigenvalue weighted by atomic mass is 10.2. The van der Waals surface area contributed by atoms with Crippen molar-refractivity contribution >= 4 is 23.2 Å². The highest BCUT2D eigenvalue weighted by Gasteiger charge is 2.17. The van der Waals surface area contributed by atoms with E-state index >= 15 is 0 Å². The van der Waals surface area contributed by atoms with E-state index in [9.17, 15) is 14.0 Å². The molecule has 2 rings (SSSR count). The Morgan fingerprint density at radius 1 is 1.50 bits per heavy atom. The number of nitrogens with zero attached hydrogens (tertiary/aromatic N) is 2. The molecule has 2 aromatic heterocycles. The topological polar surface area (TPSA) is 92.2 Å². The van der Waals surface area contributed by atoms with E-state index < -0.39 is 23.9 Å². The second-order valence-corrected chi connectivity index (χ2v) is 4.83. The number of nitrogens with one attached hydrogen (secondary N) is 1. The van der Waals surface area contributed by atoms with Gasteiger partial charge in [0.05, 0.1) is 6.04 Å². The van der Waals surface area contributed by atoms with Gasteiger partial charge in [0.25, 0.3) is 5.91 Å². The van der Waals surface area contributed by atoms with Gasteiger partial charge in [0.2, 0.25) is 5.95 Å². The minimum atomic E-state index is -1.12. The Balaban J connectivity index is 2.08. The predicted octanol–water partition coefficient (Wildman–Crippen LogP) is 1.87. The molecule has 0 fully saturated rings. The highest BCUT2D eigenvalue weighted by Crippen LogP contribution is 2.18. The summed E-state index contributed by atoms with van der Waals surface area (Å²) in [4.78, 5) is 29.9. The van der Waals surface area contributed by atoms with E-state index in [0.717, 1.165) is 17.4 Å². The third-order valence-electron chi connectivity index (χ3n) is 2.45. The first-order chi connectivity index (χ1) is 9.47. The van der Waals surface area contributed by atoms with Gasteiger partial charge >= 0.3 is 5.97 Å². The largest absolute Gasteiger partial charge is 0.476 e. The quantitative estimate of drug-likeness (QED) is 0.840. The normalized spacial score (nSPS) is 11.9. The molecule has 8 heteroatoms. The highest BCUT2D eigenvalue weighted by atomic mass is 32.1. The summed E-state index contributed by atoms with van der Waals surface area (Å²) in [5.74, 6) is -2.35. The van der Waals surface area contributed by atoms with Gasteiger partial charge in [0.1, 0.15) is 5.01 Å². The molecular weight excluding hydrogens is 285 g/mol. The first kappa shape index (κ1) is 14.1. The zero-order chi connectivity index (χ0) is 14.7. The van der Waals surface area contributed by atoms with Gasteiger partial charge in [-0.2, -0.15) is 4.39 Å². The number of aromatic nitrogens is 2. The fourth-order valence-electron chi connectivity index (χ4n) is 1.47. The molecule has 2 aromatic rings. The van der Waals surface area contributed by atoms with Gasteiger partial charge in [0.15, 0.2) is 5.69 Å². The third-order valence-corrected chi connectivity index (χ3v) is 3.48. The maximum atomic E-state index is 12.9. The van der Waals surface area contributed by atoms with Gasteiger partial charge in [-0.25, -0.2) is 14.8 Å². The highest BCUT2D eigenvalue weighted by molar-refractivity contribution is 7.09. The fraction of sp³-hybridized carbons (Fsp3) is 0.167. The molecule has 0 saturated carbocycles. The molecule has 0 aliphatic carbocycles. The number of carboxylic acids is 1. The van der Waals surface area contributed by atoms with Gasteiger partial charge in [-0.1, -0.05) is 0 Å². The van der Waals surface area contributed by atoms with Crippen LogP contribution >= 0.6 is 11.3 Å². The van der Waals surface area contributed by atoms with Crippen molar-refractivity contribution < 1.29 is 19.1 Å². The average molecular weight is 295 g/mol. The SMILES string of the molecule is CC(NC(=O)c1ccnc(F)c1)c1nc(C(=O)O)cs1. The van der Waals surface area contributed by atoms with Crippen LogP contribution in [0, 0.1) is 5.95 Å². The molecule has 104 valence electrons. The molecule has 20 heavy (non-hydrogen) atoms. The summed E-state index contributed by atoms with van der Waals surface area (Å²) in [6.07, 6.45) is 1.20. The Kier molecular flexibility index (Phi) is 4.04. The number of hydrogen-bond donors (Lipinski definition) is 2. The molecule has 6 nitrogen and oxygen atoms in total. The van der Waals surface area contributed by atoms with E-state index in [-0.39, 0.29) is 11.3 Å². The van der Waals surface area contributed by atoms with E-state index in [2.05, 4.69) is 15.3 Å². The molecule has 0 aromatic carbocycles. The number of carboxylic acid groups (broad SMARTS) is 1. The Bertz CT molecular complexity index is 659. The maximum absolute atomic E-state index is 12.9. The second kappa shape index (κ2) is 5.74. The second-order valence-electron chi connectivity index (χ2n) is 3.94. The van der Waals surface area contributed by atoms with E-state index in [4.69, 9.17) is 5.11 Å². The van der Waals surface area contributed by atoms with E-state index in [1.807, 2.05) is 0 Å². The first-order valence-electron chi connectivity index (χ1n) is 5.58. The average Bonchev–Trinajstić information content (AvgIpc) is 2.88. The number of pyridine rings is 1. The lowest BCUT2D eigenvalue weighted by Gasteiger charge is -2.11.